The van der Waals surface area contributed by atoms with E-state index in [1.807, 2.05) is 0 Å². The third-order valence-corrected chi connectivity index (χ3v) is 6.39. The highest BCUT2D eigenvalue weighted by atomic mass is 32.2. The minimum atomic E-state index is -1.32. The molecule has 1 saturated heterocycles. The number of fused-ring (bicyclic) bond motifs is 1. The van der Waals surface area contributed by atoms with Gasteiger partial charge in [-0.2, -0.15) is 4.68 Å². The van der Waals surface area contributed by atoms with Gasteiger partial charge in [0, 0.05) is 18.2 Å². The number of carboxylic acid groups (broad SMARTS) is 1. The molecule has 2 aliphatic rings. The number of aromatic nitrogens is 2. The molecule has 0 aromatic carbocycles. The summed E-state index contributed by atoms with van der Waals surface area (Å²) in [6.07, 6.45) is 0. The molecule has 0 saturated carbocycles. The van der Waals surface area contributed by atoms with Crippen LogP contribution in [0, 0.1) is 23.0 Å². The van der Waals surface area contributed by atoms with Crippen LogP contribution in [-0.4, -0.2) is 72.2 Å². The Kier molecular flexibility index (Phi) is 6.52. The maximum atomic E-state index is 12.6. The molecule has 0 radical (unpaired) electrons. The van der Waals surface area contributed by atoms with E-state index < -0.39 is 46.0 Å². The van der Waals surface area contributed by atoms with Crippen LogP contribution < -0.4 is 5.32 Å². The molecule has 1 aromatic heterocycles. The Morgan fingerprint density at radius 3 is 2.72 bits per heavy atom. The molecule has 2 amide bonds. The molecule has 3 heterocycles. The molecule has 1 aromatic rings. The Labute approximate surface area is 185 Å². The minimum absolute atomic E-state index is 0.0702. The van der Waals surface area contributed by atoms with Crippen molar-refractivity contribution in [2.45, 2.75) is 38.7 Å². The van der Waals surface area contributed by atoms with Crippen LogP contribution in [0.2, 0.25) is 0 Å². The Hall–Kier alpha value is -3.42. The van der Waals surface area contributed by atoms with Crippen LogP contribution in [0.4, 0.5) is 5.82 Å². The minimum Gasteiger partial charge on any atom is -0.477 e. The number of carboxylic acids is 1. The van der Waals surface area contributed by atoms with E-state index >= 15 is 0 Å². The summed E-state index contributed by atoms with van der Waals surface area (Å²) in [5.41, 5.74) is 0.579. The Morgan fingerprint density at radius 2 is 2.16 bits per heavy atom. The number of esters is 1. The predicted octanol–water partition coefficient (Wildman–Crippen LogP) is 0.0375. The van der Waals surface area contributed by atoms with Crippen LogP contribution in [0.3, 0.4) is 0 Å². The standard InChI is InChI=1S/C18H21N5O8S/c1-8(5-21-9(2)4-12(20-21)23(29)30)15(25)19-13-16(26)22-14(18(27)28)11(6-31-10(3)24)7-32-17(13)22/h4,8,13,17H,5-7H2,1-3H3,(H,19,25)(H,27,28)/t8-,13-,17-/m1/s1. The highest BCUT2D eigenvalue weighted by Crippen LogP contribution is 2.40. The average Bonchev–Trinajstić information content (AvgIpc) is 3.09. The fourth-order valence-electron chi connectivity index (χ4n) is 3.39. The average molecular weight is 467 g/mol. The fraction of sp³-hybridized carbons (Fsp3) is 0.500. The number of aryl methyl sites for hydroxylation is 1. The first-order valence-electron chi connectivity index (χ1n) is 9.53. The topological polar surface area (TPSA) is 174 Å². The number of nitrogens with one attached hydrogen (secondary N) is 1. The lowest BCUT2D eigenvalue weighted by Crippen LogP contribution is -2.71. The lowest BCUT2D eigenvalue weighted by molar-refractivity contribution is -0.389. The van der Waals surface area contributed by atoms with Crippen LogP contribution in [0.25, 0.3) is 0 Å². The number of hydrogen-bond acceptors (Lipinski definition) is 9. The van der Waals surface area contributed by atoms with Gasteiger partial charge in [0.2, 0.25) is 5.91 Å². The van der Waals surface area contributed by atoms with Crippen LogP contribution in [0.15, 0.2) is 17.3 Å². The van der Waals surface area contributed by atoms with Gasteiger partial charge in [-0.25, -0.2) is 4.79 Å². The van der Waals surface area contributed by atoms with Crippen LogP contribution in [0.1, 0.15) is 19.5 Å². The highest BCUT2D eigenvalue weighted by Gasteiger charge is 2.54. The van der Waals surface area contributed by atoms with Gasteiger partial charge in [0.25, 0.3) is 5.91 Å². The number of amides is 2. The Morgan fingerprint density at radius 1 is 1.47 bits per heavy atom. The number of hydrogen-bond donors (Lipinski definition) is 2. The summed E-state index contributed by atoms with van der Waals surface area (Å²) >= 11 is 1.26. The number of nitrogens with zero attached hydrogens (tertiary/aromatic N) is 4. The molecule has 3 rings (SSSR count). The molecular formula is C18H21N5O8S. The van der Waals surface area contributed by atoms with Gasteiger partial charge in [-0.15, -0.1) is 11.8 Å². The molecule has 14 heteroatoms. The zero-order chi connectivity index (χ0) is 23.7. The van der Waals surface area contributed by atoms with E-state index in [0.29, 0.717) is 11.3 Å². The molecule has 3 atom stereocenters. The number of ether oxygens (including phenoxy) is 1. The maximum absolute atomic E-state index is 12.6. The third-order valence-electron chi connectivity index (χ3n) is 5.05. The normalized spacial score (nSPS) is 20.8. The van der Waals surface area contributed by atoms with Crippen molar-refractivity contribution in [1.82, 2.24) is 20.0 Å². The quantitative estimate of drug-likeness (QED) is 0.230. The molecule has 0 unspecified atom stereocenters. The molecule has 1 fully saturated rings. The molecule has 0 bridgehead atoms. The van der Waals surface area contributed by atoms with E-state index in [9.17, 15) is 34.4 Å². The van der Waals surface area contributed by atoms with Crippen molar-refractivity contribution in [2.24, 2.45) is 5.92 Å². The largest absolute Gasteiger partial charge is 0.477 e. The van der Waals surface area contributed by atoms with Gasteiger partial charge in [0.05, 0.1) is 29.3 Å². The van der Waals surface area contributed by atoms with Crippen molar-refractivity contribution >= 4 is 41.3 Å². The molecule has 32 heavy (non-hydrogen) atoms. The highest BCUT2D eigenvalue weighted by molar-refractivity contribution is 8.00. The zero-order valence-electron chi connectivity index (χ0n) is 17.4. The molecule has 13 nitrogen and oxygen atoms in total. The van der Waals surface area contributed by atoms with E-state index in [4.69, 9.17) is 4.74 Å². The van der Waals surface area contributed by atoms with Crippen LogP contribution >= 0.6 is 11.8 Å². The molecule has 2 N–H and O–H groups in total. The zero-order valence-corrected chi connectivity index (χ0v) is 18.2. The number of thioether (sulfide) groups is 1. The first kappa shape index (κ1) is 23.2. The third kappa shape index (κ3) is 4.44. The summed E-state index contributed by atoms with van der Waals surface area (Å²) in [6.45, 7) is 4.26. The van der Waals surface area contributed by atoms with Gasteiger partial charge < -0.3 is 25.3 Å². The summed E-state index contributed by atoms with van der Waals surface area (Å²) in [7, 11) is 0. The maximum Gasteiger partial charge on any atom is 0.390 e. The first-order valence-corrected chi connectivity index (χ1v) is 10.6. The van der Waals surface area contributed by atoms with E-state index in [-0.39, 0.29) is 30.4 Å². The summed E-state index contributed by atoms with van der Waals surface area (Å²) in [6, 6.07) is 0.386. The summed E-state index contributed by atoms with van der Waals surface area (Å²) in [5.74, 6) is -3.68. The number of carbonyl (C=O) groups is 4. The second-order valence-electron chi connectivity index (χ2n) is 7.42. The smallest absolute Gasteiger partial charge is 0.390 e. The molecule has 172 valence electrons. The van der Waals surface area contributed by atoms with E-state index in [1.165, 1.54) is 29.4 Å². The van der Waals surface area contributed by atoms with Gasteiger partial charge in [0.15, 0.2) is 0 Å². The molecular weight excluding hydrogens is 446 g/mol. The van der Waals surface area contributed by atoms with E-state index in [2.05, 4.69) is 10.4 Å². The van der Waals surface area contributed by atoms with E-state index in [0.717, 1.165) is 4.90 Å². The number of nitro groups is 1. The van der Waals surface area contributed by atoms with Gasteiger partial charge in [-0.05, 0) is 11.8 Å². The summed E-state index contributed by atoms with van der Waals surface area (Å²) < 4.78 is 6.23. The SMILES string of the molecule is CC(=O)OCC1=C(C(=O)O)N2C(=O)[C@@H](NC(=O)[C@H](C)Cn3nc([N+](=O)[O-])cc3C)[C@H]2SC1. The van der Waals surface area contributed by atoms with Gasteiger partial charge >= 0.3 is 17.8 Å². The van der Waals surface area contributed by atoms with Crippen molar-refractivity contribution in [1.29, 1.82) is 0 Å². The van der Waals surface area contributed by atoms with Gasteiger partial charge in [0.1, 0.15) is 23.7 Å². The van der Waals surface area contributed by atoms with Crippen LogP contribution in [-0.2, 0) is 30.5 Å². The Balaban J connectivity index is 1.67. The first-order chi connectivity index (χ1) is 15.0. The summed E-state index contributed by atoms with van der Waals surface area (Å²) in [4.78, 5) is 59.4. The van der Waals surface area contributed by atoms with Gasteiger partial charge in [-0.3, -0.25) is 19.3 Å². The fourth-order valence-corrected chi connectivity index (χ4v) is 4.72. The second kappa shape index (κ2) is 8.98. The number of carbonyl (C=O) groups excluding carboxylic acids is 3. The second-order valence-corrected chi connectivity index (χ2v) is 8.52. The van der Waals surface area contributed by atoms with Crippen molar-refractivity contribution < 1.29 is 33.9 Å². The van der Waals surface area contributed by atoms with Gasteiger partial charge in [-0.1, -0.05) is 6.92 Å². The molecule has 2 aliphatic heterocycles. The van der Waals surface area contributed by atoms with Crippen molar-refractivity contribution in [3.8, 4) is 0 Å². The van der Waals surface area contributed by atoms with Crippen molar-refractivity contribution in [3.63, 3.8) is 0 Å². The van der Waals surface area contributed by atoms with E-state index in [1.54, 1.807) is 13.8 Å². The van der Waals surface area contributed by atoms with Crippen molar-refractivity contribution in [2.75, 3.05) is 12.4 Å². The lowest BCUT2D eigenvalue weighted by Gasteiger charge is -2.49. The molecule has 0 spiro atoms. The van der Waals surface area contributed by atoms with Crippen molar-refractivity contribution in [3.05, 3.63) is 33.1 Å². The summed E-state index contributed by atoms with van der Waals surface area (Å²) in [5, 5.41) is 26.3. The van der Waals surface area contributed by atoms with Crippen LogP contribution in [0.5, 0.6) is 0 Å². The number of β-lactam (4-membered cyclic amide) rings is 1. The Bertz CT molecular complexity index is 1030. The number of rotatable bonds is 8. The lowest BCUT2D eigenvalue weighted by atomic mass is 10.0. The number of aliphatic carboxylic acids is 1. The monoisotopic (exact) mass is 467 g/mol. The molecule has 0 aliphatic carbocycles. The predicted molar refractivity (Wildman–Crippen MR) is 109 cm³/mol.